The number of nitrogens with zero attached hydrogens (tertiary/aromatic N) is 2. The summed E-state index contributed by atoms with van der Waals surface area (Å²) >= 11 is 0. The van der Waals surface area contributed by atoms with Crippen molar-refractivity contribution in [3.05, 3.63) is 71.4 Å². The first kappa shape index (κ1) is 18.6. The van der Waals surface area contributed by atoms with E-state index in [1.807, 2.05) is 37.3 Å². The molecule has 0 saturated carbocycles. The molecule has 1 aromatic heterocycles. The number of rotatable bonds is 5. The van der Waals surface area contributed by atoms with Gasteiger partial charge in [0, 0.05) is 17.8 Å². The molecular weight excluding hydrogens is 383 g/mol. The molecule has 2 aliphatic rings. The molecule has 3 aromatic rings. The fourth-order valence-corrected chi connectivity index (χ4v) is 3.20. The third kappa shape index (κ3) is 3.74. The summed E-state index contributed by atoms with van der Waals surface area (Å²) in [6.07, 6.45) is 0.773. The molecular formula is C22H16BN2O5. The van der Waals surface area contributed by atoms with E-state index in [1.165, 1.54) is 6.20 Å². The maximum atomic E-state index is 8.96. The number of benzene rings is 2. The molecule has 2 aromatic carbocycles. The van der Waals surface area contributed by atoms with E-state index in [1.54, 1.807) is 31.7 Å². The molecule has 0 unspecified atom stereocenters. The zero-order valence-corrected chi connectivity index (χ0v) is 16.1. The average molecular weight is 399 g/mol. The lowest BCUT2D eigenvalue weighted by Crippen LogP contribution is -2.31. The average Bonchev–Trinajstić information content (AvgIpc) is 3.21. The van der Waals surface area contributed by atoms with Crippen molar-refractivity contribution >= 4 is 12.9 Å². The molecule has 3 heterocycles. The van der Waals surface area contributed by atoms with E-state index in [-0.39, 0.29) is 6.29 Å². The fraction of sp³-hybridized carbons (Fsp3) is 0.182. The lowest BCUT2D eigenvalue weighted by Gasteiger charge is -2.34. The molecule has 0 spiro atoms. The van der Waals surface area contributed by atoms with Crippen molar-refractivity contribution in [3.8, 4) is 29.2 Å². The minimum atomic E-state index is -0.446. The highest BCUT2D eigenvalue weighted by molar-refractivity contribution is 6.48. The first-order valence-electron chi connectivity index (χ1n) is 9.42. The lowest BCUT2D eigenvalue weighted by molar-refractivity contribution is -0.382. The van der Waals surface area contributed by atoms with Gasteiger partial charge in [-0.3, -0.25) is 0 Å². The topological polar surface area (TPSA) is 82.8 Å². The second kappa shape index (κ2) is 7.80. The van der Waals surface area contributed by atoms with Crippen molar-refractivity contribution in [3.63, 3.8) is 0 Å². The number of ether oxygens (including phenoxy) is 4. The van der Waals surface area contributed by atoms with E-state index >= 15 is 0 Å². The van der Waals surface area contributed by atoms with Crippen LogP contribution >= 0.6 is 0 Å². The molecule has 0 N–H and O–H groups in total. The molecule has 0 atom stereocenters. The van der Waals surface area contributed by atoms with Crippen molar-refractivity contribution < 1.29 is 23.6 Å². The zero-order valence-electron chi connectivity index (χ0n) is 16.1. The summed E-state index contributed by atoms with van der Waals surface area (Å²) in [5.41, 5.74) is 3.37. The highest BCUT2D eigenvalue weighted by Gasteiger charge is 2.29. The van der Waals surface area contributed by atoms with Crippen LogP contribution in [0, 0.1) is 11.3 Å². The molecule has 30 heavy (non-hydrogen) atoms. The maximum Gasteiger partial charge on any atom is 0.330 e. The van der Waals surface area contributed by atoms with Crippen LogP contribution in [0.15, 0.2) is 54.7 Å². The Morgan fingerprint density at radius 1 is 1.07 bits per heavy atom. The summed E-state index contributed by atoms with van der Waals surface area (Å²) in [6, 6.07) is 16.6. The Morgan fingerprint density at radius 3 is 2.73 bits per heavy atom. The highest BCUT2D eigenvalue weighted by atomic mass is 16.9. The summed E-state index contributed by atoms with van der Waals surface area (Å²) in [5, 5.41) is 8.96. The molecule has 0 aliphatic carbocycles. The van der Waals surface area contributed by atoms with Gasteiger partial charge in [0.1, 0.15) is 11.8 Å². The van der Waals surface area contributed by atoms with Crippen LogP contribution in [0.5, 0.6) is 23.1 Å². The van der Waals surface area contributed by atoms with Gasteiger partial charge in [0.2, 0.25) is 5.88 Å². The van der Waals surface area contributed by atoms with Gasteiger partial charge in [-0.2, -0.15) is 5.26 Å². The monoisotopic (exact) mass is 399 g/mol. The molecule has 7 nitrogen and oxygen atoms in total. The Hall–Kier alpha value is -3.38. The Labute approximate surface area is 174 Å². The molecule has 1 saturated heterocycles. The summed E-state index contributed by atoms with van der Waals surface area (Å²) in [4.78, 5) is 4.18. The molecule has 147 valence electrons. The number of hydrogen-bond acceptors (Lipinski definition) is 7. The van der Waals surface area contributed by atoms with Crippen LogP contribution < -0.4 is 14.9 Å². The molecule has 8 heteroatoms. The van der Waals surface area contributed by atoms with Crippen LogP contribution in [0.3, 0.4) is 0 Å². The van der Waals surface area contributed by atoms with Crippen molar-refractivity contribution in [2.75, 3.05) is 0 Å². The smallest absolute Gasteiger partial charge is 0.330 e. The van der Waals surface area contributed by atoms with Gasteiger partial charge in [-0.25, -0.2) is 4.98 Å². The quantitative estimate of drug-likeness (QED) is 0.605. The predicted molar refractivity (Wildman–Crippen MR) is 107 cm³/mol. The minimum Gasteiger partial charge on any atom is -0.453 e. The minimum absolute atomic E-state index is 0.235. The molecule has 0 amide bonds. The van der Waals surface area contributed by atoms with E-state index in [4.69, 9.17) is 28.9 Å². The Bertz CT molecular complexity index is 1120. The second-order valence-electron chi connectivity index (χ2n) is 6.87. The largest absolute Gasteiger partial charge is 0.453 e. The first-order valence-corrected chi connectivity index (χ1v) is 9.42. The number of aromatic nitrogens is 1. The van der Waals surface area contributed by atoms with Crippen LogP contribution in [-0.2, 0) is 20.7 Å². The van der Waals surface area contributed by atoms with E-state index < -0.39 is 6.29 Å². The lowest BCUT2D eigenvalue weighted by atomic mass is 9.87. The van der Waals surface area contributed by atoms with Gasteiger partial charge in [0.25, 0.3) is 0 Å². The predicted octanol–water partition coefficient (Wildman–Crippen LogP) is 3.70. The zero-order chi connectivity index (χ0) is 20.5. The summed E-state index contributed by atoms with van der Waals surface area (Å²) < 4.78 is 28.6. The normalized spacial score (nSPS) is 19.2. The molecule has 1 radical (unpaired) electrons. The third-order valence-corrected chi connectivity index (χ3v) is 4.74. The van der Waals surface area contributed by atoms with Gasteiger partial charge in [-0.05, 0) is 54.3 Å². The first-order chi connectivity index (χ1) is 14.7. The van der Waals surface area contributed by atoms with E-state index in [0.29, 0.717) is 35.3 Å². The van der Waals surface area contributed by atoms with E-state index in [2.05, 4.69) is 4.98 Å². The Kier molecular flexibility index (Phi) is 4.85. The van der Waals surface area contributed by atoms with Gasteiger partial charge in [0.15, 0.2) is 24.1 Å². The van der Waals surface area contributed by atoms with Crippen molar-refractivity contribution in [2.45, 2.75) is 26.1 Å². The summed E-state index contributed by atoms with van der Waals surface area (Å²) in [5.74, 6) is 1.99. The second-order valence-corrected chi connectivity index (χ2v) is 6.87. The van der Waals surface area contributed by atoms with Crippen LogP contribution in [0.1, 0.15) is 29.9 Å². The van der Waals surface area contributed by atoms with Crippen molar-refractivity contribution in [1.82, 2.24) is 4.98 Å². The van der Waals surface area contributed by atoms with Crippen molar-refractivity contribution in [1.29, 1.82) is 5.26 Å². The third-order valence-electron chi connectivity index (χ3n) is 4.74. The van der Waals surface area contributed by atoms with E-state index in [9.17, 15) is 0 Å². The Morgan fingerprint density at radius 2 is 1.97 bits per heavy atom. The molecule has 1 fully saturated rings. The van der Waals surface area contributed by atoms with Gasteiger partial charge >= 0.3 is 7.48 Å². The van der Waals surface area contributed by atoms with Gasteiger partial charge in [-0.15, -0.1) is 0 Å². The number of hydrogen-bond donors (Lipinski definition) is 0. The van der Waals surface area contributed by atoms with Crippen LogP contribution in [-0.4, -0.2) is 18.8 Å². The van der Waals surface area contributed by atoms with E-state index in [0.717, 1.165) is 16.6 Å². The van der Waals surface area contributed by atoms with Crippen molar-refractivity contribution in [2.24, 2.45) is 0 Å². The number of nitriles is 1. The number of pyridine rings is 1. The molecule has 5 rings (SSSR count). The van der Waals surface area contributed by atoms with Crippen LogP contribution in [0.4, 0.5) is 0 Å². The SMILES string of the molecule is CC1OC(c2ccc(Oc3ccc4c(c3)CO[B]4)c(Oc3ccc(C#N)cn3)c2)O1. The molecule has 0 bridgehead atoms. The summed E-state index contributed by atoms with van der Waals surface area (Å²) in [7, 11) is 1.73. The highest BCUT2D eigenvalue weighted by Crippen LogP contribution is 2.40. The van der Waals surface area contributed by atoms with Crippen LogP contribution in [0.2, 0.25) is 0 Å². The molecule has 2 aliphatic heterocycles. The van der Waals surface area contributed by atoms with Gasteiger partial charge in [-0.1, -0.05) is 6.07 Å². The Balaban J connectivity index is 1.45. The van der Waals surface area contributed by atoms with Gasteiger partial charge < -0.3 is 23.6 Å². The fourth-order valence-electron chi connectivity index (χ4n) is 3.20. The van der Waals surface area contributed by atoms with Gasteiger partial charge in [0.05, 0.1) is 12.2 Å². The standard InChI is InChI=1S/C22H16BN2O5/c1-13-27-22(28-13)15-3-6-19(29-17-4-5-18-16(8-17)12-26-23-18)20(9-15)30-21-7-2-14(10-24)11-25-21/h2-9,11,13,22H,12H2,1H3. The maximum absolute atomic E-state index is 8.96. The summed E-state index contributed by atoms with van der Waals surface area (Å²) in [6.45, 7) is 2.36. The number of fused-ring (bicyclic) bond motifs is 1. The van der Waals surface area contributed by atoms with Crippen LogP contribution in [0.25, 0.3) is 0 Å².